The van der Waals surface area contributed by atoms with Gasteiger partial charge in [-0.15, -0.1) is 0 Å². The molecule has 3 aromatic rings. The van der Waals surface area contributed by atoms with Gasteiger partial charge in [0.1, 0.15) is 5.69 Å². The third-order valence-electron chi connectivity index (χ3n) is 3.59. The van der Waals surface area contributed by atoms with Crippen LogP contribution in [0.15, 0.2) is 28.9 Å². The SMILES string of the molecule is O=C(Nc1nc2c(s1)C(=O)CCC2)c1cc(-c2ccco2)[nH]n1. The summed E-state index contributed by atoms with van der Waals surface area (Å²) in [7, 11) is 0. The first-order valence-electron chi connectivity index (χ1n) is 7.14. The van der Waals surface area contributed by atoms with E-state index in [1.54, 1.807) is 24.5 Å². The molecule has 2 N–H and O–H groups in total. The molecule has 0 saturated carbocycles. The smallest absolute Gasteiger partial charge is 0.277 e. The second-order valence-corrected chi connectivity index (χ2v) is 6.17. The summed E-state index contributed by atoms with van der Waals surface area (Å²) < 4.78 is 5.25. The van der Waals surface area contributed by atoms with E-state index in [0.29, 0.717) is 27.9 Å². The van der Waals surface area contributed by atoms with Crippen LogP contribution in [0.4, 0.5) is 5.13 Å². The molecule has 1 aliphatic rings. The highest BCUT2D eigenvalue weighted by atomic mass is 32.1. The average molecular weight is 328 g/mol. The number of H-pyrrole nitrogens is 1. The van der Waals surface area contributed by atoms with Gasteiger partial charge in [-0.25, -0.2) is 4.98 Å². The van der Waals surface area contributed by atoms with Gasteiger partial charge in [-0.05, 0) is 25.0 Å². The van der Waals surface area contributed by atoms with Crippen molar-refractivity contribution in [2.45, 2.75) is 19.3 Å². The summed E-state index contributed by atoms with van der Waals surface area (Å²) >= 11 is 1.22. The van der Waals surface area contributed by atoms with Gasteiger partial charge >= 0.3 is 0 Å². The summed E-state index contributed by atoms with van der Waals surface area (Å²) in [6.07, 6.45) is 3.69. The second-order valence-electron chi connectivity index (χ2n) is 5.17. The minimum absolute atomic E-state index is 0.101. The maximum Gasteiger partial charge on any atom is 0.277 e. The number of amides is 1. The lowest BCUT2D eigenvalue weighted by Gasteiger charge is -2.05. The van der Waals surface area contributed by atoms with Crippen LogP contribution in [0.3, 0.4) is 0 Å². The summed E-state index contributed by atoms with van der Waals surface area (Å²) in [4.78, 5) is 29.1. The summed E-state index contributed by atoms with van der Waals surface area (Å²) in [5.74, 6) is 0.327. The first-order chi connectivity index (χ1) is 11.2. The predicted molar refractivity (Wildman–Crippen MR) is 83.6 cm³/mol. The molecule has 0 saturated heterocycles. The molecular weight excluding hydrogens is 316 g/mol. The molecule has 3 heterocycles. The van der Waals surface area contributed by atoms with E-state index in [9.17, 15) is 9.59 Å². The maximum absolute atomic E-state index is 12.2. The van der Waals surface area contributed by atoms with Crippen molar-refractivity contribution in [3.05, 3.63) is 40.7 Å². The van der Waals surface area contributed by atoms with Crippen LogP contribution in [0, 0.1) is 0 Å². The monoisotopic (exact) mass is 328 g/mol. The number of rotatable bonds is 3. The van der Waals surface area contributed by atoms with E-state index in [4.69, 9.17) is 4.42 Å². The first kappa shape index (κ1) is 13.9. The number of ketones is 1. The Morgan fingerprint density at radius 1 is 1.39 bits per heavy atom. The highest BCUT2D eigenvalue weighted by molar-refractivity contribution is 7.17. The van der Waals surface area contributed by atoms with Crippen LogP contribution < -0.4 is 5.32 Å². The van der Waals surface area contributed by atoms with Crippen LogP contribution in [-0.2, 0) is 6.42 Å². The fourth-order valence-electron chi connectivity index (χ4n) is 2.48. The number of thiazole rings is 1. The molecule has 0 aliphatic heterocycles. The van der Waals surface area contributed by atoms with E-state index in [1.165, 1.54) is 11.3 Å². The Balaban J connectivity index is 1.53. The minimum atomic E-state index is -0.377. The second kappa shape index (κ2) is 5.47. The van der Waals surface area contributed by atoms with Crippen molar-refractivity contribution in [1.29, 1.82) is 0 Å². The number of hydrogen-bond acceptors (Lipinski definition) is 6. The molecule has 0 unspecified atom stereocenters. The number of nitrogens with zero attached hydrogens (tertiary/aromatic N) is 2. The number of aromatic amines is 1. The standard InChI is InChI=1S/C15H12N4O3S/c20-11-4-1-3-8-13(11)23-15(16-8)17-14(21)10-7-9(18-19-10)12-5-2-6-22-12/h2,5-7H,1,3-4H2,(H,18,19)(H,16,17,21). The number of carbonyl (C=O) groups excluding carboxylic acids is 2. The lowest BCUT2D eigenvalue weighted by atomic mass is 10.0. The Morgan fingerprint density at radius 2 is 2.30 bits per heavy atom. The Labute approximate surface area is 134 Å². The summed E-state index contributed by atoms with van der Waals surface area (Å²) in [5, 5.41) is 9.86. The molecule has 0 atom stereocenters. The number of hydrogen-bond donors (Lipinski definition) is 2. The highest BCUT2D eigenvalue weighted by Crippen LogP contribution is 2.29. The van der Waals surface area contributed by atoms with Crippen molar-refractivity contribution in [1.82, 2.24) is 15.2 Å². The van der Waals surface area contributed by atoms with Crippen LogP contribution in [0.2, 0.25) is 0 Å². The van der Waals surface area contributed by atoms with Gasteiger partial charge in [0, 0.05) is 12.5 Å². The van der Waals surface area contributed by atoms with Gasteiger partial charge in [-0.1, -0.05) is 11.3 Å². The van der Waals surface area contributed by atoms with Gasteiger partial charge in [-0.2, -0.15) is 5.10 Å². The molecule has 4 rings (SSSR count). The summed E-state index contributed by atoms with van der Waals surface area (Å²) in [6.45, 7) is 0. The van der Waals surface area contributed by atoms with Crippen molar-refractivity contribution in [2.75, 3.05) is 5.32 Å². The first-order valence-corrected chi connectivity index (χ1v) is 7.96. The number of furan rings is 1. The van der Waals surface area contributed by atoms with E-state index in [2.05, 4.69) is 20.5 Å². The third-order valence-corrected chi connectivity index (χ3v) is 4.64. The molecule has 0 spiro atoms. The van der Waals surface area contributed by atoms with Crippen molar-refractivity contribution in [2.24, 2.45) is 0 Å². The lowest BCUT2D eigenvalue weighted by molar-refractivity contribution is 0.0975. The summed E-state index contributed by atoms with van der Waals surface area (Å²) in [6, 6.07) is 5.13. The van der Waals surface area contributed by atoms with E-state index in [0.717, 1.165) is 18.5 Å². The Bertz CT molecular complexity index is 879. The van der Waals surface area contributed by atoms with E-state index < -0.39 is 0 Å². The molecule has 0 aromatic carbocycles. The zero-order valence-electron chi connectivity index (χ0n) is 12.0. The van der Waals surface area contributed by atoms with Crippen molar-refractivity contribution >= 4 is 28.2 Å². The molecule has 0 bridgehead atoms. The van der Waals surface area contributed by atoms with Crippen LogP contribution in [0.1, 0.15) is 38.7 Å². The Kier molecular flexibility index (Phi) is 3.30. The highest BCUT2D eigenvalue weighted by Gasteiger charge is 2.23. The molecule has 8 heteroatoms. The molecule has 1 amide bonds. The van der Waals surface area contributed by atoms with Gasteiger partial charge in [0.05, 0.1) is 16.8 Å². The molecule has 116 valence electrons. The number of fused-ring (bicyclic) bond motifs is 1. The van der Waals surface area contributed by atoms with E-state index >= 15 is 0 Å². The van der Waals surface area contributed by atoms with Gasteiger partial charge in [0.15, 0.2) is 22.4 Å². The predicted octanol–water partition coefficient (Wildman–Crippen LogP) is 2.90. The fourth-order valence-corrected chi connectivity index (χ4v) is 3.45. The number of carbonyl (C=O) groups is 2. The van der Waals surface area contributed by atoms with Crippen molar-refractivity contribution in [3.63, 3.8) is 0 Å². The largest absolute Gasteiger partial charge is 0.463 e. The molecule has 0 radical (unpaired) electrons. The normalized spacial score (nSPS) is 13.8. The average Bonchev–Trinajstić information content (AvgIpc) is 3.27. The third kappa shape index (κ3) is 2.57. The van der Waals surface area contributed by atoms with E-state index in [-0.39, 0.29) is 17.4 Å². The molecular formula is C15H12N4O3S. The van der Waals surface area contributed by atoms with Crippen LogP contribution in [-0.4, -0.2) is 26.9 Å². The van der Waals surface area contributed by atoms with Gasteiger partial charge in [0.25, 0.3) is 5.91 Å². The van der Waals surface area contributed by atoms with Gasteiger partial charge in [0.2, 0.25) is 0 Å². The summed E-state index contributed by atoms with van der Waals surface area (Å²) in [5.41, 5.74) is 1.63. The number of nitrogens with one attached hydrogen (secondary N) is 2. The molecule has 3 aromatic heterocycles. The molecule has 7 nitrogen and oxygen atoms in total. The number of aromatic nitrogens is 3. The van der Waals surface area contributed by atoms with Crippen LogP contribution in [0.5, 0.6) is 0 Å². The fraction of sp³-hybridized carbons (Fsp3) is 0.200. The van der Waals surface area contributed by atoms with Crippen LogP contribution in [0.25, 0.3) is 11.5 Å². The number of aryl methyl sites for hydroxylation is 1. The quantitative estimate of drug-likeness (QED) is 0.770. The molecule has 23 heavy (non-hydrogen) atoms. The molecule has 0 fully saturated rings. The Morgan fingerprint density at radius 3 is 3.09 bits per heavy atom. The minimum Gasteiger partial charge on any atom is -0.463 e. The number of Topliss-reactive ketones (excluding diaryl/α,β-unsaturated/α-hetero) is 1. The number of anilines is 1. The Hall–Kier alpha value is -2.74. The lowest BCUT2D eigenvalue weighted by Crippen LogP contribution is -2.12. The molecule has 1 aliphatic carbocycles. The van der Waals surface area contributed by atoms with Crippen LogP contribution >= 0.6 is 11.3 Å². The topological polar surface area (TPSA) is 101 Å². The van der Waals surface area contributed by atoms with E-state index in [1.807, 2.05) is 0 Å². The van der Waals surface area contributed by atoms with Gasteiger partial charge in [-0.3, -0.25) is 20.0 Å². The van der Waals surface area contributed by atoms with Gasteiger partial charge < -0.3 is 4.42 Å². The maximum atomic E-state index is 12.2. The zero-order valence-corrected chi connectivity index (χ0v) is 12.8. The van der Waals surface area contributed by atoms with Crippen molar-refractivity contribution in [3.8, 4) is 11.5 Å². The zero-order chi connectivity index (χ0) is 15.8. The van der Waals surface area contributed by atoms with Crippen molar-refractivity contribution < 1.29 is 14.0 Å².